The van der Waals surface area contributed by atoms with E-state index in [2.05, 4.69) is 4.98 Å². The molecule has 0 atom stereocenters. The number of nitrogens with two attached hydrogens (primary N) is 1. The Kier molecular flexibility index (Phi) is 1.72. The van der Waals surface area contributed by atoms with Gasteiger partial charge >= 0.3 is 0 Å². The summed E-state index contributed by atoms with van der Waals surface area (Å²) >= 11 is 0. The van der Waals surface area contributed by atoms with Crippen LogP contribution in [0, 0.1) is 0 Å². The van der Waals surface area contributed by atoms with Gasteiger partial charge in [0.15, 0.2) is 0 Å². The van der Waals surface area contributed by atoms with Crippen LogP contribution in [0.15, 0.2) is 4.42 Å². The maximum Gasteiger partial charge on any atom is 0.292 e. The first-order valence-electron chi connectivity index (χ1n) is 4.16. The fraction of sp³-hybridized carbons (Fsp3) is 0.500. The summed E-state index contributed by atoms with van der Waals surface area (Å²) in [5.74, 6) is 0.777. The molecule has 1 aliphatic heterocycles. The fourth-order valence-corrected chi connectivity index (χ4v) is 1.48. The predicted molar refractivity (Wildman–Crippen MR) is 45.7 cm³/mol. The zero-order valence-corrected chi connectivity index (χ0v) is 7.41. The third kappa shape index (κ3) is 1.37. The summed E-state index contributed by atoms with van der Waals surface area (Å²) in [6, 6.07) is 0.190. The molecule has 1 aromatic rings. The largest absolute Gasteiger partial charge is 0.427 e. The average molecular weight is 181 g/mol. The molecule has 0 unspecified atom stereocenters. The summed E-state index contributed by atoms with van der Waals surface area (Å²) in [4.78, 5) is 16.8. The Bertz CT molecular complexity index is 345. The Morgan fingerprint density at radius 2 is 2.46 bits per heavy atom. The highest BCUT2D eigenvalue weighted by atomic mass is 16.4. The maximum atomic E-state index is 11.0. The van der Waals surface area contributed by atoms with Crippen molar-refractivity contribution in [2.24, 2.45) is 0 Å². The summed E-state index contributed by atoms with van der Waals surface area (Å²) in [6.45, 7) is 2.74. The Balaban J connectivity index is 2.24. The van der Waals surface area contributed by atoms with Crippen molar-refractivity contribution < 1.29 is 9.21 Å². The number of carbonyl (C=O) groups is 1. The van der Waals surface area contributed by atoms with E-state index in [9.17, 15) is 4.79 Å². The van der Waals surface area contributed by atoms with Crippen molar-refractivity contribution in [3.05, 3.63) is 11.5 Å². The van der Waals surface area contributed by atoms with Crippen LogP contribution in [-0.4, -0.2) is 22.3 Å². The molecule has 0 saturated carbocycles. The van der Waals surface area contributed by atoms with Crippen LogP contribution in [0.2, 0.25) is 0 Å². The molecule has 2 N–H and O–H groups in total. The van der Waals surface area contributed by atoms with Crippen molar-refractivity contribution in [2.75, 3.05) is 12.3 Å². The first-order chi connectivity index (χ1) is 6.16. The zero-order valence-electron chi connectivity index (χ0n) is 7.41. The van der Waals surface area contributed by atoms with E-state index in [-0.39, 0.29) is 11.9 Å². The molecule has 5 nitrogen and oxygen atoms in total. The summed E-state index contributed by atoms with van der Waals surface area (Å²) in [7, 11) is 0. The van der Waals surface area contributed by atoms with E-state index in [1.54, 1.807) is 11.8 Å². The van der Waals surface area contributed by atoms with Crippen LogP contribution in [0.4, 0.5) is 6.01 Å². The van der Waals surface area contributed by atoms with Gasteiger partial charge in [0.25, 0.3) is 6.01 Å². The summed E-state index contributed by atoms with van der Waals surface area (Å²) in [5.41, 5.74) is 6.28. The molecule has 0 bridgehead atoms. The number of carbonyl (C=O) groups excluding carboxylic acids is 1. The van der Waals surface area contributed by atoms with Crippen LogP contribution in [0.25, 0.3) is 0 Å². The highest BCUT2D eigenvalue weighted by Gasteiger charge is 2.22. The molecular formula is C8H11N3O2. The lowest BCUT2D eigenvalue weighted by molar-refractivity contribution is -0.130. The normalized spacial score (nSPS) is 15.6. The van der Waals surface area contributed by atoms with Gasteiger partial charge in [-0.25, -0.2) is 0 Å². The molecule has 0 radical (unpaired) electrons. The summed E-state index contributed by atoms with van der Waals surface area (Å²) in [6.07, 6.45) is 0.732. The molecule has 13 heavy (non-hydrogen) atoms. The number of aromatic nitrogens is 1. The van der Waals surface area contributed by atoms with Crippen molar-refractivity contribution in [1.29, 1.82) is 0 Å². The molecule has 2 heterocycles. The molecule has 5 heteroatoms. The molecule has 1 amide bonds. The Morgan fingerprint density at radius 3 is 3.15 bits per heavy atom. The van der Waals surface area contributed by atoms with Gasteiger partial charge in [0.1, 0.15) is 5.76 Å². The second-order valence-electron chi connectivity index (χ2n) is 3.11. The molecule has 1 aliphatic rings. The van der Waals surface area contributed by atoms with Gasteiger partial charge in [0.05, 0.1) is 12.2 Å². The molecule has 0 aromatic carbocycles. The van der Waals surface area contributed by atoms with E-state index in [0.717, 1.165) is 17.9 Å². The lowest BCUT2D eigenvalue weighted by atomic mass is 10.1. The van der Waals surface area contributed by atoms with Crippen LogP contribution >= 0.6 is 0 Å². The smallest absolute Gasteiger partial charge is 0.292 e. The van der Waals surface area contributed by atoms with E-state index >= 15 is 0 Å². The molecule has 0 saturated heterocycles. The van der Waals surface area contributed by atoms with E-state index in [4.69, 9.17) is 10.2 Å². The number of nitrogens with zero attached hydrogens (tertiary/aromatic N) is 2. The van der Waals surface area contributed by atoms with E-state index in [1.807, 2.05) is 0 Å². The third-order valence-electron chi connectivity index (χ3n) is 2.19. The lowest BCUT2D eigenvalue weighted by Crippen LogP contribution is -2.33. The number of anilines is 1. The molecule has 2 rings (SSSR count). The Labute approximate surface area is 75.5 Å². The second-order valence-corrected chi connectivity index (χ2v) is 3.11. The fourth-order valence-electron chi connectivity index (χ4n) is 1.48. The zero-order chi connectivity index (χ0) is 9.42. The number of oxazole rings is 1. The second kappa shape index (κ2) is 2.76. The lowest BCUT2D eigenvalue weighted by Gasteiger charge is -2.23. The Hall–Kier alpha value is -1.52. The van der Waals surface area contributed by atoms with Crippen molar-refractivity contribution in [2.45, 2.75) is 19.9 Å². The number of fused-ring (bicyclic) bond motifs is 1. The van der Waals surface area contributed by atoms with Gasteiger partial charge in [-0.1, -0.05) is 0 Å². The summed E-state index contributed by atoms with van der Waals surface area (Å²) < 4.78 is 5.16. The van der Waals surface area contributed by atoms with E-state index < -0.39 is 0 Å². The Morgan fingerprint density at radius 1 is 1.69 bits per heavy atom. The van der Waals surface area contributed by atoms with Gasteiger partial charge in [0.2, 0.25) is 5.91 Å². The van der Waals surface area contributed by atoms with Crippen molar-refractivity contribution >= 4 is 11.9 Å². The van der Waals surface area contributed by atoms with E-state index in [1.165, 1.54) is 0 Å². The minimum absolute atomic E-state index is 0.0561. The van der Waals surface area contributed by atoms with Gasteiger partial charge in [0, 0.05) is 19.9 Å². The van der Waals surface area contributed by atoms with Gasteiger partial charge in [-0.15, -0.1) is 0 Å². The number of hydrogen-bond acceptors (Lipinski definition) is 4. The third-order valence-corrected chi connectivity index (χ3v) is 2.19. The highest BCUT2D eigenvalue weighted by Crippen LogP contribution is 2.20. The number of nitrogen functional groups attached to an aromatic ring is 1. The van der Waals surface area contributed by atoms with Crippen molar-refractivity contribution in [3.63, 3.8) is 0 Å². The van der Waals surface area contributed by atoms with Crippen LogP contribution in [0.5, 0.6) is 0 Å². The molecule has 1 aromatic heterocycles. The number of amides is 1. The highest BCUT2D eigenvalue weighted by molar-refractivity contribution is 5.73. The van der Waals surface area contributed by atoms with Gasteiger partial charge in [-0.05, 0) is 0 Å². The predicted octanol–water partition coefficient (Wildman–Crippen LogP) is 0.161. The van der Waals surface area contributed by atoms with Crippen LogP contribution in [0.1, 0.15) is 18.4 Å². The quantitative estimate of drug-likeness (QED) is 0.618. The standard InChI is InChI=1S/C8H11N3O2/c1-5(12)11-3-2-6-7(4-11)13-8(9)10-6/h2-4H2,1H3,(H2,9,10). The van der Waals surface area contributed by atoms with Gasteiger partial charge in [-0.2, -0.15) is 4.98 Å². The van der Waals surface area contributed by atoms with E-state index in [0.29, 0.717) is 13.1 Å². The molecule has 70 valence electrons. The molecule has 0 fully saturated rings. The number of rotatable bonds is 0. The monoisotopic (exact) mass is 181 g/mol. The molecule has 0 spiro atoms. The number of hydrogen-bond donors (Lipinski definition) is 1. The summed E-state index contributed by atoms with van der Waals surface area (Å²) in [5, 5.41) is 0. The van der Waals surface area contributed by atoms with Gasteiger partial charge < -0.3 is 15.1 Å². The van der Waals surface area contributed by atoms with Crippen LogP contribution < -0.4 is 5.73 Å². The van der Waals surface area contributed by atoms with Crippen molar-refractivity contribution in [3.8, 4) is 0 Å². The first kappa shape index (κ1) is 8.10. The minimum Gasteiger partial charge on any atom is -0.427 e. The van der Waals surface area contributed by atoms with Crippen LogP contribution in [0.3, 0.4) is 0 Å². The van der Waals surface area contributed by atoms with Crippen LogP contribution in [-0.2, 0) is 17.8 Å². The SMILES string of the molecule is CC(=O)N1CCc2nc(N)oc2C1. The maximum absolute atomic E-state index is 11.0. The topological polar surface area (TPSA) is 72.4 Å². The molecular weight excluding hydrogens is 170 g/mol. The van der Waals surface area contributed by atoms with Gasteiger partial charge in [-0.3, -0.25) is 4.79 Å². The molecule has 0 aliphatic carbocycles. The minimum atomic E-state index is 0.0561. The first-order valence-corrected chi connectivity index (χ1v) is 4.16. The van der Waals surface area contributed by atoms with Crippen molar-refractivity contribution in [1.82, 2.24) is 9.88 Å². The average Bonchev–Trinajstić information content (AvgIpc) is 2.42.